The van der Waals surface area contributed by atoms with Crippen LogP contribution in [-0.2, 0) is 6.42 Å². The molecule has 3 nitrogen and oxygen atoms in total. The van der Waals surface area contributed by atoms with E-state index in [1.165, 1.54) is 22.3 Å². The highest BCUT2D eigenvalue weighted by Crippen LogP contribution is 2.31. The van der Waals surface area contributed by atoms with Gasteiger partial charge in [-0.15, -0.1) is 0 Å². The fraction of sp³-hybridized carbons (Fsp3) is 0.368. The van der Waals surface area contributed by atoms with Crippen LogP contribution in [-0.4, -0.2) is 13.2 Å². The summed E-state index contributed by atoms with van der Waals surface area (Å²) >= 11 is 0. The smallest absolute Gasteiger partial charge is 0.161 e. The van der Waals surface area contributed by atoms with E-state index in [2.05, 4.69) is 44.2 Å². The second-order valence-corrected chi connectivity index (χ2v) is 5.97. The third kappa shape index (κ3) is 3.25. The van der Waals surface area contributed by atoms with Gasteiger partial charge in [0.1, 0.15) is 13.2 Å². The van der Waals surface area contributed by atoms with Crippen LogP contribution < -0.4 is 15.2 Å². The highest BCUT2D eigenvalue weighted by Gasteiger charge is 2.13. The number of rotatable bonds is 4. The van der Waals surface area contributed by atoms with Crippen molar-refractivity contribution in [2.24, 2.45) is 5.73 Å². The van der Waals surface area contributed by atoms with Crippen molar-refractivity contribution in [3.63, 3.8) is 0 Å². The zero-order valence-corrected chi connectivity index (χ0v) is 13.3. The molecule has 3 rings (SSSR count). The lowest BCUT2D eigenvalue weighted by Crippen LogP contribution is -2.15. The fourth-order valence-corrected chi connectivity index (χ4v) is 2.73. The van der Waals surface area contributed by atoms with Crippen molar-refractivity contribution < 1.29 is 9.47 Å². The van der Waals surface area contributed by atoms with Gasteiger partial charge in [-0.1, -0.05) is 24.3 Å². The molecule has 1 atom stereocenters. The van der Waals surface area contributed by atoms with Crippen molar-refractivity contribution in [2.45, 2.75) is 32.7 Å². The van der Waals surface area contributed by atoms with Gasteiger partial charge in [0, 0.05) is 6.04 Å². The average Bonchev–Trinajstić information content (AvgIpc) is 2.55. The van der Waals surface area contributed by atoms with Crippen molar-refractivity contribution in [1.82, 2.24) is 0 Å². The summed E-state index contributed by atoms with van der Waals surface area (Å²) in [7, 11) is 0. The second-order valence-electron chi connectivity index (χ2n) is 5.97. The first kappa shape index (κ1) is 14.9. The summed E-state index contributed by atoms with van der Waals surface area (Å²) in [5.41, 5.74) is 11.4. The van der Waals surface area contributed by atoms with Crippen LogP contribution in [0.25, 0.3) is 0 Å². The average molecular weight is 297 g/mol. The minimum absolute atomic E-state index is 0.0625. The molecule has 1 aliphatic heterocycles. The molecule has 3 heteroatoms. The van der Waals surface area contributed by atoms with Crippen LogP contribution in [0.4, 0.5) is 0 Å². The molecule has 116 valence electrons. The molecule has 0 radical (unpaired) electrons. The van der Waals surface area contributed by atoms with E-state index >= 15 is 0 Å². The quantitative estimate of drug-likeness (QED) is 0.935. The fourth-order valence-electron chi connectivity index (χ4n) is 2.73. The van der Waals surface area contributed by atoms with Crippen LogP contribution in [0.1, 0.15) is 34.7 Å². The topological polar surface area (TPSA) is 44.5 Å². The monoisotopic (exact) mass is 297 g/mol. The maximum Gasteiger partial charge on any atom is 0.161 e. The SMILES string of the molecule is Cc1ccc(C(N)CCc2ccc3c(c2)OCCO3)cc1C. The van der Waals surface area contributed by atoms with E-state index in [0.29, 0.717) is 13.2 Å². The molecule has 2 N–H and O–H groups in total. The molecule has 1 aliphatic rings. The van der Waals surface area contributed by atoms with E-state index in [4.69, 9.17) is 15.2 Å². The van der Waals surface area contributed by atoms with Crippen molar-refractivity contribution in [3.05, 3.63) is 58.7 Å². The summed E-state index contributed by atoms with van der Waals surface area (Å²) in [6, 6.07) is 12.7. The lowest BCUT2D eigenvalue weighted by molar-refractivity contribution is 0.171. The Balaban J connectivity index is 1.65. The number of fused-ring (bicyclic) bond motifs is 1. The summed E-state index contributed by atoms with van der Waals surface area (Å²) in [4.78, 5) is 0. The van der Waals surface area contributed by atoms with Crippen LogP contribution in [0.15, 0.2) is 36.4 Å². The van der Waals surface area contributed by atoms with E-state index in [1.807, 2.05) is 6.07 Å². The zero-order chi connectivity index (χ0) is 15.5. The summed E-state index contributed by atoms with van der Waals surface area (Å²) in [6.45, 7) is 5.51. The molecular weight excluding hydrogens is 274 g/mol. The molecule has 2 aromatic carbocycles. The lowest BCUT2D eigenvalue weighted by atomic mass is 9.96. The van der Waals surface area contributed by atoms with E-state index in [1.54, 1.807) is 0 Å². The zero-order valence-electron chi connectivity index (χ0n) is 13.3. The molecule has 0 saturated carbocycles. The maximum absolute atomic E-state index is 6.34. The molecule has 2 aromatic rings. The first-order valence-corrected chi connectivity index (χ1v) is 7.85. The normalized spacial score (nSPS) is 14.7. The van der Waals surface area contributed by atoms with Gasteiger partial charge >= 0.3 is 0 Å². The number of aryl methyl sites for hydroxylation is 3. The Labute approximate surface area is 132 Å². The van der Waals surface area contributed by atoms with Gasteiger partial charge in [0.05, 0.1) is 0 Å². The van der Waals surface area contributed by atoms with Gasteiger partial charge in [-0.25, -0.2) is 0 Å². The molecule has 0 saturated heterocycles. The summed E-state index contributed by atoms with van der Waals surface area (Å²) in [5.74, 6) is 1.69. The van der Waals surface area contributed by atoms with E-state index in [0.717, 1.165) is 24.3 Å². The number of benzene rings is 2. The van der Waals surface area contributed by atoms with Crippen molar-refractivity contribution in [3.8, 4) is 11.5 Å². The van der Waals surface area contributed by atoms with E-state index < -0.39 is 0 Å². The summed E-state index contributed by atoms with van der Waals surface area (Å²) < 4.78 is 11.2. The minimum atomic E-state index is 0.0625. The van der Waals surface area contributed by atoms with Gasteiger partial charge in [0.2, 0.25) is 0 Å². The van der Waals surface area contributed by atoms with Crippen molar-refractivity contribution in [1.29, 1.82) is 0 Å². The third-order valence-corrected chi connectivity index (χ3v) is 4.31. The van der Waals surface area contributed by atoms with Crippen LogP contribution >= 0.6 is 0 Å². The molecular formula is C19H23NO2. The number of hydrogen-bond acceptors (Lipinski definition) is 3. The molecule has 0 spiro atoms. The van der Waals surface area contributed by atoms with E-state index in [9.17, 15) is 0 Å². The summed E-state index contributed by atoms with van der Waals surface area (Å²) in [6.07, 6.45) is 1.85. The molecule has 1 heterocycles. The standard InChI is InChI=1S/C19H23NO2/c1-13-3-6-16(11-14(13)2)17(20)7-4-15-5-8-18-19(12-15)22-10-9-21-18/h3,5-6,8,11-12,17H,4,7,9-10,20H2,1-2H3. The molecule has 0 aromatic heterocycles. The van der Waals surface area contributed by atoms with Crippen LogP contribution in [0.2, 0.25) is 0 Å². The van der Waals surface area contributed by atoms with Crippen molar-refractivity contribution >= 4 is 0 Å². The van der Waals surface area contributed by atoms with Gasteiger partial charge < -0.3 is 15.2 Å². The van der Waals surface area contributed by atoms with Gasteiger partial charge in [0.15, 0.2) is 11.5 Å². The van der Waals surface area contributed by atoms with Crippen LogP contribution in [0, 0.1) is 13.8 Å². The third-order valence-electron chi connectivity index (χ3n) is 4.31. The van der Waals surface area contributed by atoms with E-state index in [-0.39, 0.29) is 6.04 Å². The molecule has 0 aliphatic carbocycles. The molecule has 0 bridgehead atoms. The summed E-state index contributed by atoms with van der Waals surface area (Å²) in [5, 5.41) is 0. The number of ether oxygens (including phenoxy) is 2. The lowest BCUT2D eigenvalue weighted by Gasteiger charge is -2.19. The Morgan fingerprint density at radius 3 is 2.50 bits per heavy atom. The minimum Gasteiger partial charge on any atom is -0.486 e. The number of nitrogens with two attached hydrogens (primary N) is 1. The van der Waals surface area contributed by atoms with Crippen LogP contribution in [0.5, 0.6) is 11.5 Å². The predicted octanol–water partition coefficient (Wildman–Crippen LogP) is 3.71. The Bertz CT molecular complexity index is 666. The van der Waals surface area contributed by atoms with Crippen LogP contribution in [0.3, 0.4) is 0 Å². The Hall–Kier alpha value is -2.00. The van der Waals surface area contributed by atoms with Crippen molar-refractivity contribution in [2.75, 3.05) is 13.2 Å². The molecule has 0 fully saturated rings. The first-order chi connectivity index (χ1) is 10.6. The van der Waals surface area contributed by atoms with Gasteiger partial charge in [-0.05, 0) is 61.1 Å². The molecule has 0 amide bonds. The molecule has 22 heavy (non-hydrogen) atoms. The Kier molecular flexibility index (Phi) is 4.34. The maximum atomic E-state index is 6.34. The second kappa shape index (κ2) is 6.41. The number of hydrogen-bond donors (Lipinski definition) is 1. The largest absolute Gasteiger partial charge is 0.486 e. The predicted molar refractivity (Wildman–Crippen MR) is 88.6 cm³/mol. The molecule has 1 unspecified atom stereocenters. The van der Waals surface area contributed by atoms with Gasteiger partial charge in [0.25, 0.3) is 0 Å². The first-order valence-electron chi connectivity index (χ1n) is 7.85. The Morgan fingerprint density at radius 1 is 0.955 bits per heavy atom. The highest BCUT2D eigenvalue weighted by molar-refractivity contribution is 5.44. The van der Waals surface area contributed by atoms with Gasteiger partial charge in [-0.2, -0.15) is 0 Å². The highest BCUT2D eigenvalue weighted by atomic mass is 16.6. The van der Waals surface area contributed by atoms with Gasteiger partial charge in [-0.3, -0.25) is 0 Å². The Morgan fingerprint density at radius 2 is 1.73 bits per heavy atom.